The molecule has 2 fully saturated rings. The first-order chi connectivity index (χ1) is 19.4. The second-order valence-electron chi connectivity index (χ2n) is 10.6. The molecule has 1 amide bonds. The van der Waals surface area contributed by atoms with Gasteiger partial charge < -0.3 is 9.64 Å². The molecule has 0 aliphatic carbocycles. The number of fused-ring (bicyclic) bond motifs is 3. The zero-order valence-electron chi connectivity index (χ0n) is 22.0. The van der Waals surface area contributed by atoms with Crippen LogP contribution in [0.3, 0.4) is 0 Å². The number of aromatic nitrogens is 4. The molecular formula is C30H25ClN6O2S. The lowest BCUT2D eigenvalue weighted by atomic mass is 9.78. The van der Waals surface area contributed by atoms with Crippen LogP contribution in [-0.2, 0) is 9.53 Å². The van der Waals surface area contributed by atoms with E-state index < -0.39 is 6.04 Å². The molecule has 3 aromatic heterocycles. The molecule has 6 heterocycles. The topological polar surface area (TPSA) is 85.5 Å². The van der Waals surface area contributed by atoms with Crippen LogP contribution in [0.15, 0.2) is 53.7 Å². The lowest BCUT2D eigenvalue weighted by molar-refractivity contribution is -0.195. The molecule has 40 heavy (non-hydrogen) atoms. The number of ether oxygens (including phenoxy) is 1. The zero-order valence-corrected chi connectivity index (χ0v) is 23.6. The first kappa shape index (κ1) is 25.1. The van der Waals surface area contributed by atoms with E-state index in [1.807, 2.05) is 58.9 Å². The van der Waals surface area contributed by atoms with E-state index >= 15 is 0 Å². The third-order valence-electron chi connectivity index (χ3n) is 7.68. The summed E-state index contributed by atoms with van der Waals surface area (Å²) in [6.45, 7) is 6.94. The summed E-state index contributed by atoms with van der Waals surface area (Å²) in [5.74, 6) is 7.98. The minimum Gasteiger partial charge on any atom is -0.380 e. The van der Waals surface area contributed by atoms with Gasteiger partial charge >= 0.3 is 0 Å². The van der Waals surface area contributed by atoms with E-state index in [2.05, 4.69) is 33.9 Å². The quantitative estimate of drug-likeness (QED) is 0.339. The van der Waals surface area contributed by atoms with Crippen molar-refractivity contribution in [2.45, 2.75) is 26.3 Å². The summed E-state index contributed by atoms with van der Waals surface area (Å²) in [4.78, 5) is 25.8. The van der Waals surface area contributed by atoms with E-state index in [4.69, 9.17) is 21.3 Å². The Hall–Kier alpha value is -3.84. The SMILES string of the molecule is Cc1c(C#Cc2ccccn2)sc2c1C(c1ccc(Cl)cc1)=N[C@@H](CC(=O)N1CC3(COC3)C1)c1nnc(C)n1-2. The van der Waals surface area contributed by atoms with Crippen LogP contribution >= 0.6 is 22.9 Å². The highest BCUT2D eigenvalue weighted by molar-refractivity contribution is 7.15. The first-order valence-electron chi connectivity index (χ1n) is 13.1. The van der Waals surface area contributed by atoms with Gasteiger partial charge in [0.1, 0.15) is 22.6 Å². The lowest BCUT2D eigenvalue weighted by Crippen LogP contribution is -2.67. The maximum Gasteiger partial charge on any atom is 0.225 e. The van der Waals surface area contributed by atoms with E-state index in [-0.39, 0.29) is 17.7 Å². The van der Waals surface area contributed by atoms with Crippen LogP contribution in [-0.4, -0.2) is 62.6 Å². The Bertz CT molecular complexity index is 1720. The summed E-state index contributed by atoms with van der Waals surface area (Å²) in [6, 6.07) is 12.9. The Morgan fingerprint density at radius 2 is 1.93 bits per heavy atom. The van der Waals surface area contributed by atoms with Crippen molar-refractivity contribution in [2.24, 2.45) is 10.4 Å². The predicted octanol–water partition coefficient (Wildman–Crippen LogP) is 4.53. The van der Waals surface area contributed by atoms with Gasteiger partial charge in [0.2, 0.25) is 5.91 Å². The number of thiophene rings is 1. The number of rotatable bonds is 3. The average Bonchev–Trinajstić information content (AvgIpc) is 3.39. The summed E-state index contributed by atoms with van der Waals surface area (Å²) in [7, 11) is 0. The fourth-order valence-corrected chi connectivity index (χ4v) is 6.85. The number of aryl methyl sites for hydroxylation is 1. The normalized spacial score (nSPS) is 18.4. The van der Waals surface area contributed by atoms with Crippen molar-refractivity contribution in [1.29, 1.82) is 0 Å². The van der Waals surface area contributed by atoms with Crippen LogP contribution in [0.25, 0.3) is 5.00 Å². The number of carbonyl (C=O) groups is 1. The third-order valence-corrected chi connectivity index (χ3v) is 9.12. The van der Waals surface area contributed by atoms with Gasteiger partial charge in [-0.1, -0.05) is 29.8 Å². The molecule has 1 atom stereocenters. The minimum absolute atomic E-state index is 0.0674. The first-order valence-corrected chi connectivity index (χ1v) is 14.3. The number of aliphatic imine (C=N–C) groups is 1. The van der Waals surface area contributed by atoms with E-state index in [0.717, 1.165) is 64.4 Å². The highest BCUT2D eigenvalue weighted by atomic mass is 35.5. The molecule has 3 aliphatic rings. The molecule has 0 N–H and O–H groups in total. The molecule has 1 spiro atoms. The van der Waals surface area contributed by atoms with Crippen molar-refractivity contribution < 1.29 is 9.53 Å². The standard InChI is InChI=1S/C30H25ClN6O2S/c1-18-24(11-10-22-5-3-4-12-32-22)40-29-26(18)27(20-6-8-21(31)9-7-20)33-23(28-35-34-19(2)37(28)29)13-25(38)36-14-30(15-36)16-39-17-30/h3-9,12,23H,13-17H2,1-2H3/t23-/m0/s1. The summed E-state index contributed by atoms with van der Waals surface area (Å²) in [5.41, 5.74) is 4.55. The molecule has 4 aromatic rings. The molecule has 10 heteroatoms. The van der Waals surface area contributed by atoms with Gasteiger partial charge in [0.25, 0.3) is 0 Å². The molecule has 8 nitrogen and oxygen atoms in total. The van der Waals surface area contributed by atoms with E-state index in [0.29, 0.717) is 16.5 Å². The Kier molecular flexibility index (Phi) is 6.08. The van der Waals surface area contributed by atoms with Crippen LogP contribution in [0.1, 0.15) is 51.4 Å². The van der Waals surface area contributed by atoms with Crippen molar-refractivity contribution in [3.8, 4) is 16.8 Å². The Morgan fingerprint density at radius 3 is 2.62 bits per heavy atom. The van der Waals surface area contributed by atoms with Gasteiger partial charge in [0, 0.05) is 35.4 Å². The van der Waals surface area contributed by atoms with E-state index in [9.17, 15) is 4.79 Å². The summed E-state index contributed by atoms with van der Waals surface area (Å²) in [5, 5.41) is 10.5. The Labute approximate surface area is 240 Å². The summed E-state index contributed by atoms with van der Waals surface area (Å²) < 4.78 is 7.43. The number of pyridine rings is 1. The zero-order chi connectivity index (χ0) is 27.4. The number of halogens is 1. The van der Waals surface area contributed by atoms with Gasteiger partial charge in [-0.05, 0) is 55.5 Å². The summed E-state index contributed by atoms with van der Waals surface area (Å²) in [6.07, 6.45) is 1.95. The monoisotopic (exact) mass is 568 g/mol. The van der Waals surface area contributed by atoms with Crippen LogP contribution in [0.5, 0.6) is 0 Å². The van der Waals surface area contributed by atoms with E-state index in [1.54, 1.807) is 17.5 Å². The van der Waals surface area contributed by atoms with Crippen LogP contribution < -0.4 is 0 Å². The van der Waals surface area contributed by atoms with Crippen molar-refractivity contribution in [2.75, 3.05) is 26.3 Å². The van der Waals surface area contributed by atoms with Gasteiger partial charge in [-0.3, -0.25) is 14.4 Å². The number of amides is 1. The maximum absolute atomic E-state index is 13.4. The molecule has 0 radical (unpaired) electrons. The van der Waals surface area contributed by atoms with E-state index in [1.165, 1.54) is 0 Å². The van der Waals surface area contributed by atoms with Gasteiger partial charge in [-0.2, -0.15) is 0 Å². The number of benzene rings is 1. The van der Waals surface area contributed by atoms with Crippen LogP contribution in [0, 0.1) is 31.1 Å². The van der Waals surface area contributed by atoms with Crippen LogP contribution in [0.2, 0.25) is 5.02 Å². The van der Waals surface area contributed by atoms with Gasteiger partial charge in [-0.15, -0.1) is 21.5 Å². The molecule has 3 aliphatic heterocycles. The Morgan fingerprint density at radius 1 is 1.12 bits per heavy atom. The van der Waals surface area contributed by atoms with Gasteiger partial charge in [-0.25, -0.2) is 4.98 Å². The minimum atomic E-state index is -0.490. The average molecular weight is 569 g/mol. The molecule has 0 saturated carbocycles. The van der Waals surface area contributed by atoms with Crippen molar-refractivity contribution in [1.82, 2.24) is 24.6 Å². The second kappa shape index (κ2) is 9.66. The fraction of sp³-hybridized carbons (Fsp3) is 0.300. The molecule has 200 valence electrons. The van der Waals surface area contributed by atoms with Crippen molar-refractivity contribution >= 4 is 34.6 Å². The number of hydrogen-bond donors (Lipinski definition) is 0. The Balaban J connectivity index is 1.33. The number of nitrogens with zero attached hydrogens (tertiary/aromatic N) is 6. The third kappa shape index (κ3) is 4.24. The van der Waals surface area contributed by atoms with Crippen molar-refractivity contribution in [3.63, 3.8) is 0 Å². The maximum atomic E-state index is 13.4. The van der Waals surface area contributed by atoms with Crippen LogP contribution in [0.4, 0.5) is 0 Å². The molecule has 7 rings (SSSR count). The molecule has 1 aromatic carbocycles. The molecular weight excluding hydrogens is 544 g/mol. The fourth-order valence-electron chi connectivity index (χ4n) is 5.51. The number of likely N-dealkylation sites (tertiary alicyclic amines) is 1. The predicted molar refractivity (Wildman–Crippen MR) is 153 cm³/mol. The van der Waals surface area contributed by atoms with Crippen molar-refractivity contribution in [3.05, 3.63) is 92.6 Å². The number of carbonyl (C=O) groups excluding carboxylic acids is 1. The van der Waals surface area contributed by atoms with Gasteiger partial charge in [0.05, 0.1) is 35.6 Å². The molecule has 0 unspecified atom stereocenters. The highest BCUT2D eigenvalue weighted by Gasteiger charge is 2.51. The molecule has 2 saturated heterocycles. The lowest BCUT2D eigenvalue weighted by Gasteiger charge is -2.55. The number of hydrogen-bond acceptors (Lipinski definition) is 7. The molecule has 0 bridgehead atoms. The second-order valence-corrected chi connectivity index (χ2v) is 12.0. The highest BCUT2D eigenvalue weighted by Crippen LogP contribution is 2.41. The largest absolute Gasteiger partial charge is 0.380 e. The summed E-state index contributed by atoms with van der Waals surface area (Å²) >= 11 is 7.82. The van der Waals surface area contributed by atoms with Gasteiger partial charge in [0.15, 0.2) is 5.82 Å². The smallest absolute Gasteiger partial charge is 0.225 e.